The number of aliphatic hydroxyl groups is 1. The van der Waals surface area contributed by atoms with E-state index in [4.69, 9.17) is 0 Å². The fourth-order valence-electron chi connectivity index (χ4n) is 4.20. The molecule has 0 aliphatic heterocycles. The zero-order chi connectivity index (χ0) is 17.1. The van der Waals surface area contributed by atoms with E-state index in [1.165, 1.54) is 0 Å². The molecular weight excluding hydrogens is 288 g/mol. The van der Waals surface area contributed by atoms with Crippen LogP contribution in [0.15, 0.2) is 34.4 Å². The largest absolute Gasteiger partial charge is 0.389 e. The average Bonchev–Trinajstić information content (AvgIpc) is 2.85. The minimum atomic E-state index is -0.552. The molecule has 0 saturated heterocycles. The van der Waals surface area contributed by atoms with Gasteiger partial charge in [-0.05, 0) is 61.2 Å². The Kier molecular flexibility index (Phi) is 3.75. The van der Waals surface area contributed by atoms with Crippen LogP contribution in [-0.4, -0.2) is 22.8 Å². The average molecular weight is 314 g/mol. The molecule has 1 saturated carbocycles. The summed E-state index contributed by atoms with van der Waals surface area (Å²) in [6, 6.07) is 0. The first-order valence-corrected chi connectivity index (χ1v) is 8.51. The lowest BCUT2D eigenvalue weighted by Crippen LogP contribution is -2.12. The van der Waals surface area contributed by atoms with E-state index < -0.39 is 6.10 Å². The molecule has 0 amide bonds. The first-order valence-electron chi connectivity index (χ1n) is 8.51. The van der Waals surface area contributed by atoms with Crippen LogP contribution in [-0.2, 0) is 9.59 Å². The highest BCUT2D eigenvalue weighted by atomic mass is 16.3. The lowest BCUT2D eigenvalue weighted by Gasteiger charge is -2.13. The van der Waals surface area contributed by atoms with Gasteiger partial charge in [-0.25, -0.2) is 0 Å². The predicted octanol–water partition coefficient (Wildman–Crippen LogP) is 3.39. The van der Waals surface area contributed by atoms with Gasteiger partial charge in [0.1, 0.15) is 0 Å². The zero-order valence-electron chi connectivity index (χ0n) is 14.6. The number of allylic oxidation sites excluding steroid dienone is 5. The Morgan fingerprint density at radius 3 is 2.52 bits per heavy atom. The smallest absolute Gasteiger partial charge is 0.185 e. The van der Waals surface area contributed by atoms with Crippen LogP contribution in [0.3, 0.4) is 0 Å². The van der Waals surface area contributed by atoms with Crippen molar-refractivity contribution >= 4 is 11.6 Å². The number of fused-ring (bicyclic) bond motifs is 1. The van der Waals surface area contributed by atoms with E-state index in [0.29, 0.717) is 35.8 Å². The van der Waals surface area contributed by atoms with E-state index in [1.54, 1.807) is 6.08 Å². The Hall–Kier alpha value is -1.48. The highest BCUT2D eigenvalue weighted by Crippen LogP contribution is 2.61. The van der Waals surface area contributed by atoms with Crippen molar-refractivity contribution in [1.82, 2.24) is 0 Å². The second-order valence-electron chi connectivity index (χ2n) is 8.13. The molecule has 3 aliphatic carbocycles. The highest BCUT2D eigenvalue weighted by molar-refractivity contribution is 6.17. The molecule has 3 aliphatic rings. The van der Waals surface area contributed by atoms with Gasteiger partial charge >= 0.3 is 0 Å². The van der Waals surface area contributed by atoms with E-state index >= 15 is 0 Å². The van der Waals surface area contributed by atoms with Crippen molar-refractivity contribution in [3.05, 3.63) is 34.4 Å². The van der Waals surface area contributed by atoms with E-state index in [-0.39, 0.29) is 22.9 Å². The van der Waals surface area contributed by atoms with Crippen LogP contribution in [0.4, 0.5) is 0 Å². The van der Waals surface area contributed by atoms with Gasteiger partial charge < -0.3 is 5.11 Å². The van der Waals surface area contributed by atoms with Gasteiger partial charge in [-0.1, -0.05) is 26.8 Å². The molecule has 0 radical (unpaired) electrons. The third-order valence-corrected chi connectivity index (χ3v) is 6.12. The Labute approximate surface area is 138 Å². The van der Waals surface area contributed by atoms with Crippen LogP contribution in [0.1, 0.15) is 47.5 Å². The van der Waals surface area contributed by atoms with Crippen molar-refractivity contribution in [2.75, 3.05) is 0 Å². The van der Waals surface area contributed by atoms with E-state index in [2.05, 4.69) is 19.9 Å². The summed E-state index contributed by atoms with van der Waals surface area (Å²) in [6.07, 6.45) is 4.47. The van der Waals surface area contributed by atoms with E-state index in [1.807, 2.05) is 20.8 Å². The van der Waals surface area contributed by atoms with E-state index in [0.717, 1.165) is 11.1 Å². The Bertz CT molecular complexity index is 675. The number of carbonyl (C=O) groups is 2. The fraction of sp³-hybridized carbons (Fsp3) is 0.600. The van der Waals surface area contributed by atoms with Gasteiger partial charge in [0.15, 0.2) is 11.6 Å². The van der Waals surface area contributed by atoms with Crippen LogP contribution < -0.4 is 0 Å². The molecule has 4 atom stereocenters. The van der Waals surface area contributed by atoms with Crippen LogP contribution in [0.2, 0.25) is 0 Å². The minimum Gasteiger partial charge on any atom is -0.389 e. The van der Waals surface area contributed by atoms with Crippen molar-refractivity contribution in [3.63, 3.8) is 0 Å². The van der Waals surface area contributed by atoms with Crippen LogP contribution in [0, 0.1) is 23.2 Å². The summed E-state index contributed by atoms with van der Waals surface area (Å²) in [7, 11) is 0. The molecule has 124 valence electrons. The zero-order valence-corrected chi connectivity index (χ0v) is 14.6. The van der Waals surface area contributed by atoms with Crippen LogP contribution in [0.25, 0.3) is 0 Å². The highest BCUT2D eigenvalue weighted by Gasteiger charge is 2.56. The number of Topliss-reactive ketones (excluding diaryl/α,β-unsaturated/α-hetero) is 2. The van der Waals surface area contributed by atoms with Gasteiger partial charge in [-0.3, -0.25) is 9.59 Å². The van der Waals surface area contributed by atoms with E-state index in [9.17, 15) is 14.7 Å². The summed E-state index contributed by atoms with van der Waals surface area (Å²) in [5.41, 5.74) is 2.79. The summed E-state index contributed by atoms with van der Waals surface area (Å²) in [5, 5.41) is 10.5. The number of hydrogen-bond acceptors (Lipinski definition) is 3. The monoisotopic (exact) mass is 314 g/mol. The summed E-state index contributed by atoms with van der Waals surface area (Å²) >= 11 is 0. The Morgan fingerprint density at radius 1 is 1.22 bits per heavy atom. The second kappa shape index (κ2) is 5.27. The summed E-state index contributed by atoms with van der Waals surface area (Å²) in [5.74, 6) is 0.583. The third-order valence-electron chi connectivity index (χ3n) is 6.12. The number of rotatable bonds is 0. The minimum absolute atomic E-state index is 0.000380. The number of carbonyl (C=O) groups excluding carboxylic acids is 2. The van der Waals surface area contributed by atoms with Crippen LogP contribution >= 0.6 is 0 Å². The van der Waals surface area contributed by atoms with Crippen molar-refractivity contribution in [3.8, 4) is 0 Å². The lowest BCUT2D eigenvalue weighted by atomic mass is 9.96. The van der Waals surface area contributed by atoms with Crippen molar-refractivity contribution in [2.45, 2.75) is 53.6 Å². The number of hydrogen-bond donors (Lipinski definition) is 1. The lowest BCUT2D eigenvalue weighted by molar-refractivity contribution is -0.117. The summed E-state index contributed by atoms with van der Waals surface area (Å²) in [6.45, 7) is 9.97. The SMILES string of the molecule is C/C1=C/C2=C(C[C@@H](C)C2=O)C(=O)/C(C)=C/[C@@H]2[C@H](C[C@@H]1O)C2(C)C. The van der Waals surface area contributed by atoms with Crippen LogP contribution in [0.5, 0.6) is 0 Å². The molecular formula is C20H26O3. The molecule has 0 bridgehead atoms. The number of ketones is 2. The first-order chi connectivity index (χ1) is 10.6. The maximum Gasteiger partial charge on any atom is 0.185 e. The quantitative estimate of drug-likeness (QED) is 0.745. The predicted molar refractivity (Wildman–Crippen MR) is 89.7 cm³/mol. The summed E-state index contributed by atoms with van der Waals surface area (Å²) < 4.78 is 0. The second-order valence-corrected chi connectivity index (χ2v) is 8.13. The molecule has 3 heteroatoms. The first kappa shape index (κ1) is 16.4. The molecule has 0 aromatic carbocycles. The third kappa shape index (κ3) is 2.55. The fourth-order valence-corrected chi connectivity index (χ4v) is 4.20. The number of aliphatic hydroxyl groups excluding tert-OH is 1. The molecule has 0 unspecified atom stereocenters. The van der Waals surface area contributed by atoms with Gasteiger partial charge in [-0.15, -0.1) is 0 Å². The molecule has 1 fully saturated rings. The van der Waals surface area contributed by atoms with Gasteiger partial charge in [0.05, 0.1) is 6.10 Å². The normalized spacial score (nSPS) is 41.3. The van der Waals surface area contributed by atoms with Gasteiger partial charge in [-0.2, -0.15) is 0 Å². The maximum absolute atomic E-state index is 12.8. The Balaban J connectivity index is 2.10. The molecule has 3 nitrogen and oxygen atoms in total. The standard InChI is InChI=1S/C20H26O3/c1-10-6-13-14(7-11(2)18(13)22)19(23)12(3)8-15-16(9-17(10)21)20(15,4)5/h6,8,11,15-17,21H,7,9H2,1-5H3/b10-6-,12-8+/t11-,15-,16+,17+/m1/s1. The summed E-state index contributed by atoms with van der Waals surface area (Å²) in [4.78, 5) is 25.3. The molecule has 0 aromatic rings. The van der Waals surface area contributed by atoms with Gasteiger partial charge in [0.2, 0.25) is 0 Å². The van der Waals surface area contributed by atoms with Gasteiger partial charge in [0.25, 0.3) is 0 Å². The topological polar surface area (TPSA) is 54.4 Å². The van der Waals surface area contributed by atoms with Gasteiger partial charge in [0, 0.05) is 17.1 Å². The molecule has 0 aromatic heterocycles. The molecule has 3 rings (SSSR count). The maximum atomic E-state index is 12.8. The Morgan fingerprint density at radius 2 is 1.87 bits per heavy atom. The van der Waals surface area contributed by atoms with Crippen molar-refractivity contribution < 1.29 is 14.7 Å². The molecule has 1 N–H and O–H groups in total. The molecule has 0 heterocycles. The van der Waals surface area contributed by atoms with Crippen molar-refractivity contribution in [2.24, 2.45) is 23.2 Å². The molecule has 23 heavy (non-hydrogen) atoms. The molecule has 0 spiro atoms. The van der Waals surface area contributed by atoms with Crippen molar-refractivity contribution in [1.29, 1.82) is 0 Å².